The van der Waals surface area contributed by atoms with Gasteiger partial charge in [0.25, 0.3) is 0 Å². The predicted octanol–water partition coefficient (Wildman–Crippen LogP) is 3.60. The number of amides is 1. The van der Waals surface area contributed by atoms with Crippen molar-refractivity contribution in [3.05, 3.63) is 22.7 Å². The van der Waals surface area contributed by atoms with Crippen LogP contribution < -0.4 is 5.32 Å². The van der Waals surface area contributed by atoms with Crippen molar-refractivity contribution in [1.82, 2.24) is 0 Å². The van der Waals surface area contributed by atoms with E-state index in [2.05, 4.69) is 5.32 Å². The van der Waals surface area contributed by atoms with Gasteiger partial charge < -0.3 is 5.32 Å². The summed E-state index contributed by atoms with van der Waals surface area (Å²) in [6, 6.07) is 1.82. The number of alkyl halides is 3. The van der Waals surface area contributed by atoms with Gasteiger partial charge in [0.1, 0.15) is 5.75 Å². The molecule has 1 aliphatic carbocycles. The van der Waals surface area contributed by atoms with Crippen LogP contribution in [0.4, 0.5) is 18.9 Å². The van der Waals surface area contributed by atoms with Crippen molar-refractivity contribution in [1.29, 1.82) is 0 Å². The molecule has 1 saturated carbocycles. The number of thioether (sulfide) groups is 1. The van der Waals surface area contributed by atoms with E-state index in [4.69, 9.17) is 11.6 Å². The minimum atomic E-state index is -4.67. The molecule has 0 bridgehead atoms. The van der Waals surface area contributed by atoms with Crippen molar-refractivity contribution in [2.45, 2.75) is 29.2 Å². The van der Waals surface area contributed by atoms with E-state index in [-0.39, 0.29) is 5.69 Å². The SMILES string of the molecule is CSc1cc(Cl)c(C(F)(F)F)cc1NC(=O)CS(=O)(=O)C1CC1. The van der Waals surface area contributed by atoms with Gasteiger partial charge in [-0.1, -0.05) is 11.6 Å². The summed E-state index contributed by atoms with van der Waals surface area (Å²) in [5.41, 5.74) is -1.19. The maximum Gasteiger partial charge on any atom is 0.417 e. The molecule has 128 valence electrons. The fourth-order valence-corrected chi connectivity index (χ4v) is 4.38. The number of anilines is 1. The third-order valence-corrected chi connectivity index (χ3v) is 6.48. The Labute approximate surface area is 140 Å². The zero-order valence-electron chi connectivity index (χ0n) is 11.9. The molecule has 0 spiro atoms. The molecule has 0 unspecified atom stereocenters. The lowest BCUT2D eigenvalue weighted by Crippen LogP contribution is -2.25. The van der Waals surface area contributed by atoms with Crippen LogP contribution in [0.15, 0.2) is 17.0 Å². The average Bonchev–Trinajstić information content (AvgIpc) is 3.22. The highest BCUT2D eigenvalue weighted by molar-refractivity contribution is 7.98. The zero-order valence-corrected chi connectivity index (χ0v) is 14.3. The summed E-state index contributed by atoms with van der Waals surface area (Å²) in [7, 11) is -3.54. The molecular weight excluding hydrogens is 375 g/mol. The number of nitrogens with one attached hydrogen (secondary N) is 1. The van der Waals surface area contributed by atoms with Crippen LogP contribution in [0.2, 0.25) is 5.02 Å². The number of sulfone groups is 1. The first-order valence-corrected chi connectivity index (χ1v) is 9.82. The number of rotatable bonds is 5. The Morgan fingerprint density at radius 2 is 2.00 bits per heavy atom. The Hall–Kier alpha value is -0.930. The van der Waals surface area contributed by atoms with Gasteiger partial charge in [-0.05, 0) is 31.2 Å². The second-order valence-corrected chi connectivity index (χ2v) is 8.62. The maximum atomic E-state index is 12.9. The normalized spacial score (nSPS) is 15.5. The molecule has 0 saturated heterocycles. The fraction of sp³-hybridized carbons (Fsp3) is 0.462. The maximum absolute atomic E-state index is 12.9. The second kappa shape index (κ2) is 6.52. The largest absolute Gasteiger partial charge is 0.417 e. The van der Waals surface area contributed by atoms with Crippen LogP contribution in [-0.2, 0) is 20.8 Å². The quantitative estimate of drug-likeness (QED) is 0.784. The van der Waals surface area contributed by atoms with Gasteiger partial charge >= 0.3 is 6.18 Å². The van der Waals surface area contributed by atoms with Crippen LogP contribution in [0.5, 0.6) is 0 Å². The van der Waals surface area contributed by atoms with Crippen LogP contribution in [-0.4, -0.2) is 31.6 Å². The predicted molar refractivity (Wildman–Crippen MR) is 83.7 cm³/mol. The van der Waals surface area contributed by atoms with E-state index in [1.807, 2.05) is 0 Å². The number of hydrogen-bond acceptors (Lipinski definition) is 4. The standard InChI is InChI=1S/C13H13ClF3NO3S2/c1-22-11-5-9(14)8(13(15,16)17)4-10(11)18-12(19)6-23(20,21)7-2-3-7/h4-5,7H,2-3,6H2,1H3,(H,18,19). The van der Waals surface area contributed by atoms with E-state index < -0.39 is 43.5 Å². The Bertz CT molecular complexity index is 731. The Kier molecular flexibility index (Phi) is 5.22. The number of carbonyl (C=O) groups excluding carboxylic acids is 1. The van der Waals surface area contributed by atoms with Gasteiger partial charge in [-0.2, -0.15) is 13.2 Å². The Morgan fingerprint density at radius 1 is 1.39 bits per heavy atom. The van der Waals surface area contributed by atoms with E-state index in [1.165, 1.54) is 0 Å². The smallest absolute Gasteiger partial charge is 0.324 e. The second-order valence-electron chi connectivity index (χ2n) is 5.08. The molecule has 0 aromatic heterocycles. The molecule has 1 aliphatic rings. The van der Waals surface area contributed by atoms with Gasteiger partial charge in [-0.15, -0.1) is 11.8 Å². The van der Waals surface area contributed by atoms with E-state index in [1.54, 1.807) is 6.26 Å². The van der Waals surface area contributed by atoms with E-state index in [0.29, 0.717) is 17.7 Å². The molecule has 2 rings (SSSR count). The number of carbonyl (C=O) groups is 1. The molecule has 0 radical (unpaired) electrons. The van der Waals surface area contributed by atoms with Gasteiger partial charge in [0, 0.05) is 4.90 Å². The first-order valence-electron chi connectivity index (χ1n) is 6.50. The topological polar surface area (TPSA) is 63.2 Å². The zero-order chi connectivity index (χ0) is 17.4. The lowest BCUT2D eigenvalue weighted by molar-refractivity contribution is -0.137. The highest BCUT2D eigenvalue weighted by Gasteiger charge is 2.37. The first kappa shape index (κ1) is 18.4. The lowest BCUT2D eigenvalue weighted by Gasteiger charge is -2.15. The van der Waals surface area contributed by atoms with Crippen LogP contribution in [0, 0.1) is 0 Å². The van der Waals surface area contributed by atoms with Crippen molar-refractivity contribution in [2.75, 3.05) is 17.3 Å². The van der Waals surface area contributed by atoms with Crippen molar-refractivity contribution in [3.63, 3.8) is 0 Å². The number of benzene rings is 1. The average molecular weight is 388 g/mol. The number of hydrogen-bond donors (Lipinski definition) is 1. The van der Waals surface area contributed by atoms with Crippen LogP contribution >= 0.6 is 23.4 Å². The molecular formula is C13H13ClF3NO3S2. The lowest BCUT2D eigenvalue weighted by atomic mass is 10.2. The van der Waals surface area contributed by atoms with Crippen molar-refractivity contribution in [2.24, 2.45) is 0 Å². The Morgan fingerprint density at radius 3 is 2.48 bits per heavy atom. The third-order valence-electron chi connectivity index (χ3n) is 3.23. The van der Waals surface area contributed by atoms with Crippen molar-refractivity contribution in [3.8, 4) is 0 Å². The molecule has 1 aromatic carbocycles. The summed E-state index contributed by atoms with van der Waals surface area (Å²) < 4.78 is 62.2. The Balaban J connectivity index is 2.25. The summed E-state index contributed by atoms with van der Waals surface area (Å²) >= 11 is 6.71. The fourth-order valence-electron chi connectivity index (χ4n) is 1.95. The molecule has 1 N–H and O–H groups in total. The van der Waals surface area contributed by atoms with Crippen LogP contribution in [0.1, 0.15) is 18.4 Å². The van der Waals surface area contributed by atoms with Crippen molar-refractivity contribution >= 4 is 44.8 Å². The summed E-state index contributed by atoms with van der Waals surface area (Å²) in [4.78, 5) is 12.2. The summed E-state index contributed by atoms with van der Waals surface area (Å²) in [5, 5.41) is 1.25. The van der Waals surface area contributed by atoms with Crippen LogP contribution in [0.3, 0.4) is 0 Å². The highest BCUT2D eigenvalue weighted by atomic mass is 35.5. The molecule has 1 fully saturated rings. The molecule has 1 amide bonds. The van der Waals surface area contributed by atoms with Gasteiger partial charge in [0.15, 0.2) is 9.84 Å². The number of halogens is 4. The molecule has 4 nitrogen and oxygen atoms in total. The minimum Gasteiger partial charge on any atom is -0.324 e. The molecule has 0 aliphatic heterocycles. The van der Waals surface area contributed by atoms with Crippen molar-refractivity contribution < 1.29 is 26.4 Å². The van der Waals surface area contributed by atoms with E-state index in [9.17, 15) is 26.4 Å². The first-order chi connectivity index (χ1) is 10.5. The van der Waals surface area contributed by atoms with Gasteiger partial charge in [-0.3, -0.25) is 4.79 Å². The monoisotopic (exact) mass is 387 g/mol. The molecule has 10 heteroatoms. The molecule has 1 aromatic rings. The van der Waals surface area contributed by atoms with Gasteiger partial charge in [0.2, 0.25) is 5.91 Å². The molecule has 23 heavy (non-hydrogen) atoms. The van der Waals surface area contributed by atoms with Gasteiger partial charge in [0.05, 0.1) is 21.5 Å². The molecule has 0 heterocycles. The van der Waals surface area contributed by atoms with Gasteiger partial charge in [-0.25, -0.2) is 8.42 Å². The minimum absolute atomic E-state index is 0.106. The van der Waals surface area contributed by atoms with E-state index in [0.717, 1.165) is 23.9 Å². The summed E-state index contributed by atoms with van der Waals surface area (Å²) in [6.45, 7) is 0. The summed E-state index contributed by atoms with van der Waals surface area (Å²) in [5.74, 6) is -1.60. The highest BCUT2D eigenvalue weighted by Crippen LogP contribution is 2.40. The summed E-state index contributed by atoms with van der Waals surface area (Å²) in [6.07, 6.45) is -2.03. The van der Waals surface area contributed by atoms with Crippen LogP contribution in [0.25, 0.3) is 0 Å². The van der Waals surface area contributed by atoms with E-state index >= 15 is 0 Å². The molecule has 0 atom stereocenters. The third kappa shape index (κ3) is 4.54.